The molecule has 1 heterocycles. The highest BCUT2D eigenvalue weighted by atomic mass is 79.9. The second-order valence-electron chi connectivity index (χ2n) is 4.71. The lowest BCUT2D eigenvalue weighted by Crippen LogP contribution is -2.09. The SMILES string of the molecule is CCc1nnc(C)cc1C(O)Cc1ccc(F)c(Br)c1. The summed E-state index contributed by atoms with van der Waals surface area (Å²) in [6.07, 6.45) is 0.459. The van der Waals surface area contributed by atoms with Gasteiger partial charge >= 0.3 is 0 Å². The molecule has 2 aromatic rings. The van der Waals surface area contributed by atoms with Crippen LogP contribution in [0.15, 0.2) is 28.7 Å². The largest absolute Gasteiger partial charge is 0.388 e. The van der Waals surface area contributed by atoms with Crippen LogP contribution in [0.5, 0.6) is 0 Å². The average Bonchev–Trinajstić information content (AvgIpc) is 2.43. The van der Waals surface area contributed by atoms with E-state index in [1.165, 1.54) is 6.07 Å². The number of benzene rings is 1. The summed E-state index contributed by atoms with van der Waals surface area (Å²) in [6.45, 7) is 3.82. The zero-order chi connectivity index (χ0) is 14.7. The van der Waals surface area contributed by atoms with Crippen molar-refractivity contribution in [2.24, 2.45) is 0 Å². The number of nitrogens with zero attached hydrogens (tertiary/aromatic N) is 2. The summed E-state index contributed by atoms with van der Waals surface area (Å²) in [6, 6.07) is 6.61. The van der Waals surface area contributed by atoms with Crippen molar-refractivity contribution in [3.8, 4) is 0 Å². The Bertz CT molecular complexity index is 619. The van der Waals surface area contributed by atoms with Gasteiger partial charge in [0.15, 0.2) is 0 Å². The quantitative estimate of drug-likeness (QED) is 0.927. The fraction of sp³-hybridized carbons (Fsp3) is 0.333. The van der Waals surface area contributed by atoms with Gasteiger partial charge in [-0.2, -0.15) is 10.2 Å². The smallest absolute Gasteiger partial charge is 0.137 e. The summed E-state index contributed by atoms with van der Waals surface area (Å²) < 4.78 is 13.6. The van der Waals surface area contributed by atoms with Gasteiger partial charge in [-0.1, -0.05) is 13.0 Å². The lowest BCUT2D eigenvalue weighted by Gasteiger charge is -2.14. The second-order valence-corrected chi connectivity index (χ2v) is 5.56. The molecule has 5 heteroatoms. The maximum atomic E-state index is 13.2. The fourth-order valence-corrected chi connectivity index (χ4v) is 2.52. The van der Waals surface area contributed by atoms with Crippen molar-refractivity contribution in [1.29, 1.82) is 0 Å². The predicted octanol–water partition coefficient (Wildman–Crippen LogP) is 3.53. The van der Waals surface area contributed by atoms with Gasteiger partial charge in [-0.3, -0.25) is 0 Å². The van der Waals surface area contributed by atoms with E-state index in [4.69, 9.17) is 0 Å². The van der Waals surface area contributed by atoms with E-state index < -0.39 is 6.10 Å². The third-order valence-corrected chi connectivity index (χ3v) is 3.74. The van der Waals surface area contributed by atoms with Crippen molar-refractivity contribution in [3.05, 3.63) is 57.1 Å². The van der Waals surface area contributed by atoms with Gasteiger partial charge in [0.2, 0.25) is 0 Å². The molecule has 0 saturated carbocycles. The molecule has 0 saturated heterocycles. The van der Waals surface area contributed by atoms with E-state index in [0.29, 0.717) is 17.3 Å². The Kier molecular flexibility index (Phi) is 4.83. The fourth-order valence-electron chi connectivity index (χ4n) is 2.10. The van der Waals surface area contributed by atoms with E-state index in [9.17, 15) is 9.50 Å². The molecule has 0 aliphatic rings. The van der Waals surface area contributed by atoms with Gasteiger partial charge < -0.3 is 5.11 Å². The third-order valence-electron chi connectivity index (χ3n) is 3.13. The Morgan fingerprint density at radius 1 is 1.30 bits per heavy atom. The lowest BCUT2D eigenvalue weighted by atomic mass is 9.99. The molecule has 106 valence electrons. The van der Waals surface area contributed by atoms with Gasteiger partial charge in [-0.05, 0) is 53.0 Å². The summed E-state index contributed by atoms with van der Waals surface area (Å²) in [5, 5.41) is 18.5. The maximum absolute atomic E-state index is 13.2. The van der Waals surface area contributed by atoms with Gasteiger partial charge in [0, 0.05) is 12.0 Å². The number of aryl methyl sites for hydroxylation is 2. The van der Waals surface area contributed by atoms with Gasteiger partial charge in [-0.15, -0.1) is 0 Å². The highest BCUT2D eigenvalue weighted by Gasteiger charge is 2.15. The molecule has 0 fully saturated rings. The first kappa shape index (κ1) is 15.1. The molecule has 20 heavy (non-hydrogen) atoms. The Labute approximate surface area is 126 Å². The van der Waals surface area contributed by atoms with Crippen LogP contribution in [0.4, 0.5) is 4.39 Å². The zero-order valence-corrected chi connectivity index (χ0v) is 13.0. The van der Waals surface area contributed by atoms with E-state index in [-0.39, 0.29) is 5.82 Å². The summed E-state index contributed by atoms with van der Waals surface area (Å²) in [5.74, 6) is -0.307. The number of aliphatic hydroxyl groups excluding tert-OH is 1. The molecule has 0 bridgehead atoms. The third kappa shape index (κ3) is 3.41. The van der Waals surface area contributed by atoms with Crippen LogP contribution in [0, 0.1) is 12.7 Å². The lowest BCUT2D eigenvalue weighted by molar-refractivity contribution is 0.176. The van der Waals surface area contributed by atoms with Crippen LogP contribution in [-0.2, 0) is 12.8 Å². The Hall–Kier alpha value is -1.33. The minimum absolute atomic E-state index is 0.307. The number of halogens is 2. The summed E-state index contributed by atoms with van der Waals surface area (Å²) in [4.78, 5) is 0. The Morgan fingerprint density at radius 3 is 2.70 bits per heavy atom. The van der Waals surface area contributed by atoms with E-state index in [2.05, 4.69) is 26.1 Å². The number of hydrogen-bond donors (Lipinski definition) is 1. The molecule has 1 aromatic carbocycles. The van der Waals surface area contributed by atoms with Crippen LogP contribution in [0.1, 0.15) is 35.5 Å². The van der Waals surface area contributed by atoms with Crippen LogP contribution in [0.25, 0.3) is 0 Å². The van der Waals surface area contributed by atoms with Crippen molar-refractivity contribution in [1.82, 2.24) is 10.2 Å². The maximum Gasteiger partial charge on any atom is 0.137 e. The standard InChI is InChI=1S/C15H16BrFN2O/c1-3-14-11(6-9(2)18-19-14)15(20)8-10-4-5-13(17)12(16)7-10/h4-7,15,20H,3,8H2,1-2H3. The monoisotopic (exact) mass is 338 g/mol. The second kappa shape index (κ2) is 6.41. The number of hydrogen-bond acceptors (Lipinski definition) is 3. The molecule has 1 aromatic heterocycles. The molecular weight excluding hydrogens is 323 g/mol. The molecule has 1 N–H and O–H groups in total. The zero-order valence-electron chi connectivity index (χ0n) is 11.4. The van der Waals surface area contributed by atoms with Crippen molar-refractivity contribution < 1.29 is 9.50 Å². The van der Waals surface area contributed by atoms with Crippen LogP contribution in [0.3, 0.4) is 0 Å². The van der Waals surface area contributed by atoms with Crippen LogP contribution < -0.4 is 0 Å². The normalized spacial score (nSPS) is 12.4. The topological polar surface area (TPSA) is 46.0 Å². The molecule has 0 aliphatic carbocycles. The minimum Gasteiger partial charge on any atom is -0.388 e. The highest BCUT2D eigenvalue weighted by molar-refractivity contribution is 9.10. The summed E-state index contributed by atoms with van der Waals surface area (Å²) in [5.41, 5.74) is 3.23. The summed E-state index contributed by atoms with van der Waals surface area (Å²) >= 11 is 3.15. The van der Waals surface area contributed by atoms with E-state index in [1.807, 2.05) is 19.9 Å². The Morgan fingerprint density at radius 2 is 2.05 bits per heavy atom. The molecular formula is C15H16BrFN2O. The molecule has 1 atom stereocenters. The molecule has 1 unspecified atom stereocenters. The summed E-state index contributed by atoms with van der Waals surface area (Å²) in [7, 11) is 0. The van der Waals surface area contributed by atoms with Gasteiger partial charge in [0.1, 0.15) is 5.82 Å². The van der Waals surface area contributed by atoms with Crippen molar-refractivity contribution in [2.45, 2.75) is 32.8 Å². The van der Waals surface area contributed by atoms with Crippen LogP contribution >= 0.6 is 15.9 Å². The number of rotatable bonds is 4. The minimum atomic E-state index is -0.670. The van der Waals surface area contributed by atoms with Gasteiger partial charge in [0.25, 0.3) is 0 Å². The van der Waals surface area contributed by atoms with Crippen molar-refractivity contribution >= 4 is 15.9 Å². The average molecular weight is 339 g/mol. The predicted molar refractivity (Wildman–Crippen MR) is 78.9 cm³/mol. The Balaban J connectivity index is 2.25. The molecule has 0 spiro atoms. The number of aliphatic hydroxyl groups is 1. The van der Waals surface area contributed by atoms with Crippen molar-refractivity contribution in [2.75, 3.05) is 0 Å². The van der Waals surface area contributed by atoms with E-state index >= 15 is 0 Å². The van der Waals surface area contributed by atoms with E-state index in [1.54, 1.807) is 12.1 Å². The number of aromatic nitrogens is 2. The van der Waals surface area contributed by atoms with Gasteiger partial charge in [0.05, 0.1) is 22.0 Å². The van der Waals surface area contributed by atoms with Crippen LogP contribution in [0.2, 0.25) is 0 Å². The van der Waals surface area contributed by atoms with E-state index in [0.717, 1.165) is 22.5 Å². The first-order chi connectivity index (χ1) is 9.51. The molecule has 0 amide bonds. The van der Waals surface area contributed by atoms with Crippen molar-refractivity contribution in [3.63, 3.8) is 0 Å². The first-order valence-corrected chi connectivity index (χ1v) is 7.25. The molecule has 0 radical (unpaired) electrons. The highest BCUT2D eigenvalue weighted by Crippen LogP contribution is 2.24. The van der Waals surface area contributed by atoms with Gasteiger partial charge in [-0.25, -0.2) is 4.39 Å². The molecule has 2 rings (SSSR count). The molecule has 3 nitrogen and oxygen atoms in total. The van der Waals surface area contributed by atoms with Crippen LogP contribution in [-0.4, -0.2) is 15.3 Å². The first-order valence-electron chi connectivity index (χ1n) is 6.46. The molecule has 0 aliphatic heterocycles.